The van der Waals surface area contributed by atoms with Crippen molar-refractivity contribution in [1.82, 2.24) is 10.2 Å². The fourth-order valence-corrected chi connectivity index (χ4v) is 2.01. The highest BCUT2D eigenvalue weighted by Crippen LogP contribution is 2.33. The summed E-state index contributed by atoms with van der Waals surface area (Å²) in [6.07, 6.45) is 4.72. The van der Waals surface area contributed by atoms with Crippen molar-refractivity contribution in [3.05, 3.63) is 23.8 Å². The standard InChI is InChI=1S/C13H18N2O4/c1-4-15(12(19)14-3)11(18)13(2)7-5-6-9(8-13)10(16)17/h5-7H,4,8H2,1-3H3,(H,14,19)(H,16,17). The second kappa shape index (κ2) is 5.69. The van der Waals surface area contributed by atoms with Crippen molar-refractivity contribution in [1.29, 1.82) is 0 Å². The van der Waals surface area contributed by atoms with Crippen LogP contribution < -0.4 is 5.32 Å². The Morgan fingerprint density at radius 1 is 1.47 bits per heavy atom. The number of rotatable bonds is 3. The van der Waals surface area contributed by atoms with E-state index in [9.17, 15) is 14.4 Å². The third-order valence-corrected chi connectivity index (χ3v) is 3.10. The fourth-order valence-electron chi connectivity index (χ4n) is 2.01. The maximum atomic E-state index is 12.4. The molecule has 1 atom stereocenters. The number of aliphatic carboxylic acids is 1. The van der Waals surface area contributed by atoms with Gasteiger partial charge in [0.25, 0.3) is 0 Å². The van der Waals surface area contributed by atoms with Gasteiger partial charge in [-0.1, -0.05) is 18.2 Å². The molecule has 2 N–H and O–H groups in total. The molecule has 0 saturated heterocycles. The van der Waals surface area contributed by atoms with Crippen LogP contribution in [0, 0.1) is 5.41 Å². The van der Waals surface area contributed by atoms with Crippen molar-refractivity contribution in [2.24, 2.45) is 5.41 Å². The summed E-state index contributed by atoms with van der Waals surface area (Å²) in [5, 5.41) is 11.4. The second-order valence-corrected chi connectivity index (χ2v) is 4.55. The monoisotopic (exact) mass is 266 g/mol. The number of hydrogen-bond acceptors (Lipinski definition) is 3. The average Bonchev–Trinajstić information content (AvgIpc) is 2.39. The Morgan fingerprint density at radius 2 is 2.11 bits per heavy atom. The Labute approximate surface area is 111 Å². The minimum absolute atomic E-state index is 0.0746. The molecule has 0 radical (unpaired) electrons. The number of imide groups is 1. The van der Waals surface area contributed by atoms with Crippen molar-refractivity contribution in [3.8, 4) is 0 Å². The molecule has 0 aliphatic heterocycles. The minimum atomic E-state index is -1.05. The molecular weight excluding hydrogens is 248 g/mol. The Balaban J connectivity index is 2.99. The molecular formula is C13H18N2O4. The zero-order chi connectivity index (χ0) is 14.6. The first-order chi connectivity index (χ1) is 8.85. The van der Waals surface area contributed by atoms with Gasteiger partial charge in [0.1, 0.15) is 0 Å². The van der Waals surface area contributed by atoms with Crippen LogP contribution in [-0.2, 0) is 9.59 Å². The molecule has 1 aliphatic carbocycles. The number of carbonyl (C=O) groups excluding carboxylic acids is 2. The summed E-state index contributed by atoms with van der Waals surface area (Å²) in [5.74, 6) is -1.45. The van der Waals surface area contributed by atoms with Gasteiger partial charge in [0.15, 0.2) is 0 Å². The van der Waals surface area contributed by atoms with Gasteiger partial charge in [0, 0.05) is 19.2 Å². The summed E-state index contributed by atoms with van der Waals surface area (Å²) < 4.78 is 0. The van der Waals surface area contributed by atoms with Gasteiger partial charge in [-0.25, -0.2) is 9.59 Å². The number of carbonyl (C=O) groups is 3. The Hall–Kier alpha value is -2.11. The van der Waals surface area contributed by atoms with E-state index in [1.165, 1.54) is 13.1 Å². The van der Waals surface area contributed by atoms with Gasteiger partial charge in [-0.2, -0.15) is 0 Å². The van der Waals surface area contributed by atoms with E-state index >= 15 is 0 Å². The highest BCUT2D eigenvalue weighted by atomic mass is 16.4. The van der Waals surface area contributed by atoms with Crippen LogP contribution in [0.5, 0.6) is 0 Å². The molecule has 6 nitrogen and oxygen atoms in total. The summed E-state index contributed by atoms with van der Waals surface area (Å²) in [6.45, 7) is 3.55. The van der Waals surface area contributed by atoms with Crippen LogP contribution in [0.2, 0.25) is 0 Å². The van der Waals surface area contributed by atoms with Gasteiger partial charge < -0.3 is 10.4 Å². The Bertz CT molecular complexity index is 467. The molecule has 0 saturated carbocycles. The van der Waals surface area contributed by atoms with Crippen molar-refractivity contribution < 1.29 is 19.5 Å². The lowest BCUT2D eigenvalue weighted by molar-refractivity contribution is -0.136. The molecule has 0 spiro atoms. The van der Waals surface area contributed by atoms with Gasteiger partial charge in [0.05, 0.1) is 5.41 Å². The lowest BCUT2D eigenvalue weighted by Gasteiger charge is -2.32. The van der Waals surface area contributed by atoms with E-state index in [0.717, 1.165) is 4.90 Å². The van der Waals surface area contributed by atoms with E-state index in [0.29, 0.717) is 0 Å². The van der Waals surface area contributed by atoms with Crippen LogP contribution in [-0.4, -0.2) is 41.5 Å². The zero-order valence-electron chi connectivity index (χ0n) is 11.3. The number of nitrogens with one attached hydrogen (secondary N) is 1. The van der Waals surface area contributed by atoms with Crippen LogP contribution in [0.25, 0.3) is 0 Å². The highest BCUT2D eigenvalue weighted by molar-refractivity contribution is 5.99. The summed E-state index contributed by atoms with van der Waals surface area (Å²) in [5.41, 5.74) is -0.850. The number of carboxylic acids is 1. The molecule has 0 fully saturated rings. The third kappa shape index (κ3) is 3.01. The first-order valence-corrected chi connectivity index (χ1v) is 6.01. The van der Waals surface area contributed by atoms with E-state index < -0.39 is 23.3 Å². The topological polar surface area (TPSA) is 86.7 Å². The van der Waals surface area contributed by atoms with Crippen LogP contribution in [0.3, 0.4) is 0 Å². The number of nitrogens with zero attached hydrogens (tertiary/aromatic N) is 1. The zero-order valence-corrected chi connectivity index (χ0v) is 11.3. The molecule has 1 aliphatic rings. The van der Waals surface area contributed by atoms with Crippen molar-refractivity contribution >= 4 is 17.9 Å². The van der Waals surface area contributed by atoms with Crippen LogP contribution >= 0.6 is 0 Å². The largest absolute Gasteiger partial charge is 0.478 e. The molecule has 104 valence electrons. The van der Waals surface area contributed by atoms with Gasteiger partial charge in [0.2, 0.25) is 5.91 Å². The van der Waals surface area contributed by atoms with Crippen molar-refractivity contribution in [2.45, 2.75) is 20.3 Å². The third-order valence-electron chi connectivity index (χ3n) is 3.10. The first-order valence-electron chi connectivity index (χ1n) is 6.01. The molecule has 19 heavy (non-hydrogen) atoms. The van der Waals surface area contributed by atoms with Crippen molar-refractivity contribution in [2.75, 3.05) is 13.6 Å². The quantitative estimate of drug-likeness (QED) is 0.802. The lowest BCUT2D eigenvalue weighted by Crippen LogP contribution is -2.48. The minimum Gasteiger partial charge on any atom is -0.478 e. The second-order valence-electron chi connectivity index (χ2n) is 4.55. The van der Waals surface area contributed by atoms with Crippen molar-refractivity contribution in [3.63, 3.8) is 0 Å². The lowest BCUT2D eigenvalue weighted by atomic mass is 9.79. The summed E-state index contributed by atoms with van der Waals surface area (Å²) >= 11 is 0. The number of urea groups is 1. The molecule has 1 unspecified atom stereocenters. The van der Waals surface area contributed by atoms with Crippen LogP contribution in [0.4, 0.5) is 4.79 Å². The molecule has 3 amide bonds. The molecule has 0 aromatic heterocycles. The normalized spacial score (nSPS) is 21.5. The summed E-state index contributed by atoms with van der Waals surface area (Å²) in [7, 11) is 1.44. The molecule has 0 aromatic rings. The van der Waals surface area contributed by atoms with E-state index in [-0.39, 0.29) is 18.5 Å². The van der Waals surface area contributed by atoms with Crippen LogP contribution in [0.1, 0.15) is 20.3 Å². The number of amides is 3. The molecule has 0 bridgehead atoms. The van der Waals surface area contributed by atoms with Crippen LogP contribution in [0.15, 0.2) is 23.8 Å². The van der Waals surface area contributed by atoms with E-state index in [1.54, 1.807) is 26.0 Å². The molecule has 0 heterocycles. The smallest absolute Gasteiger partial charge is 0.331 e. The SMILES string of the molecule is CCN(C(=O)NC)C(=O)C1(C)C=CC=C(C(=O)O)C1. The Kier molecular flexibility index (Phi) is 4.47. The first kappa shape index (κ1) is 14.9. The number of hydrogen-bond donors (Lipinski definition) is 2. The number of allylic oxidation sites excluding steroid dienone is 2. The van der Waals surface area contributed by atoms with Gasteiger partial charge in [-0.05, 0) is 20.3 Å². The maximum Gasteiger partial charge on any atom is 0.331 e. The van der Waals surface area contributed by atoms with Gasteiger partial charge in [-0.3, -0.25) is 9.69 Å². The predicted molar refractivity (Wildman–Crippen MR) is 69.4 cm³/mol. The predicted octanol–water partition coefficient (Wildman–Crippen LogP) is 1.15. The van der Waals surface area contributed by atoms with E-state index in [1.807, 2.05) is 0 Å². The van der Waals surface area contributed by atoms with E-state index in [2.05, 4.69) is 5.32 Å². The van der Waals surface area contributed by atoms with Gasteiger partial charge >= 0.3 is 12.0 Å². The maximum absolute atomic E-state index is 12.4. The molecule has 1 rings (SSSR count). The fraction of sp³-hybridized carbons (Fsp3) is 0.462. The highest BCUT2D eigenvalue weighted by Gasteiger charge is 2.39. The number of carboxylic acid groups (broad SMARTS) is 1. The molecule has 6 heteroatoms. The average molecular weight is 266 g/mol. The van der Waals surface area contributed by atoms with E-state index in [4.69, 9.17) is 5.11 Å². The summed E-state index contributed by atoms with van der Waals surface area (Å²) in [6, 6.07) is -0.492. The molecule has 0 aromatic carbocycles. The summed E-state index contributed by atoms with van der Waals surface area (Å²) in [4.78, 5) is 36.1. The Morgan fingerprint density at radius 3 is 2.58 bits per heavy atom. The van der Waals surface area contributed by atoms with Gasteiger partial charge in [-0.15, -0.1) is 0 Å².